The molecule has 3 aromatic rings. The van der Waals surface area contributed by atoms with Crippen LogP contribution in [0.2, 0.25) is 0 Å². The summed E-state index contributed by atoms with van der Waals surface area (Å²) in [6.45, 7) is 1.73. The molecule has 4 rings (SSSR count). The van der Waals surface area contributed by atoms with Gasteiger partial charge >= 0.3 is 0 Å². The number of nitrogens with one attached hydrogen (secondary N) is 4. The summed E-state index contributed by atoms with van der Waals surface area (Å²) in [7, 11) is 0. The summed E-state index contributed by atoms with van der Waals surface area (Å²) in [5, 5.41) is 10.1. The van der Waals surface area contributed by atoms with Gasteiger partial charge < -0.3 is 20.9 Å². The summed E-state index contributed by atoms with van der Waals surface area (Å²) >= 11 is 3.02. The van der Waals surface area contributed by atoms with Crippen LogP contribution < -0.4 is 16.0 Å². The average Bonchev–Trinajstić information content (AvgIpc) is 3.41. The first kappa shape index (κ1) is 21.9. The molecular weight excluding hydrogens is 435 g/mol. The molecule has 1 saturated heterocycles. The number of benzene rings is 1. The fourth-order valence-corrected chi connectivity index (χ4v) is 5.37. The minimum atomic E-state index is -0.932. The molecule has 0 aliphatic carbocycles. The van der Waals surface area contributed by atoms with E-state index in [1.54, 1.807) is 23.9 Å². The van der Waals surface area contributed by atoms with E-state index in [0.29, 0.717) is 43.8 Å². The quantitative estimate of drug-likeness (QED) is 0.408. The van der Waals surface area contributed by atoms with Gasteiger partial charge in [-0.15, -0.1) is 23.1 Å². The highest BCUT2D eigenvalue weighted by Crippen LogP contribution is 2.27. The monoisotopic (exact) mass is 460 g/mol. The Balaban J connectivity index is 1.42. The van der Waals surface area contributed by atoms with E-state index < -0.39 is 5.54 Å². The Bertz CT molecular complexity index is 1090. The van der Waals surface area contributed by atoms with Crippen LogP contribution in [0, 0.1) is 5.82 Å². The van der Waals surface area contributed by atoms with E-state index in [1.807, 2.05) is 18.5 Å². The van der Waals surface area contributed by atoms with Crippen molar-refractivity contribution in [1.29, 1.82) is 0 Å². The predicted molar refractivity (Wildman–Crippen MR) is 123 cm³/mol. The maximum Gasteiger partial charge on any atom is 0.262 e. The number of thiophene rings is 1. The van der Waals surface area contributed by atoms with Crippen LogP contribution in [0.5, 0.6) is 0 Å². The summed E-state index contributed by atoms with van der Waals surface area (Å²) in [4.78, 5) is 29.8. The number of rotatable bonds is 7. The Morgan fingerprint density at radius 3 is 2.77 bits per heavy atom. The Labute approximate surface area is 188 Å². The van der Waals surface area contributed by atoms with Gasteiger partial charge in [-0.1, -0.05) is 0 Å². The van der Waals surface area contributed by atoms with Crippen LogP contribution in [-0.4, -0.2) is 48.2 Å². The first-order valence-corrected chi connectivity index (χ1v) is 12.3. The van der Waals surface area contributed by atoms with Crippen molar-refractivity contribution in [2.45, 2.75) is 29.0 Å². The Hall–Kier alpha value is -2.36. The molecule has 2 amide bonds. The molecule has 0 spiro atoms. The Morgan fingerprint density at radius 1 is 1.23 bits per heavy atom. The van der Waals surface area contributed by atoms with Crippen molar-refractivity contribution < 1.29 is 14.0 Å². The lowest BCUT2D eigenvalue weighted by molar-refractivity contribution is -0.128. The molecule has 0 unspecified atom stereocenters. The summed E-state index contributed by atoms with van der Waals surface area (Å²) in [5.74, 6) is -0.670. The van der Waals surface area contributed by atoms with Crippen molar-refractivity contribution in [1.82, 2.24) is 20.9 Å². The lowest BCUT2D eigenvalue weighted by Gasteiger charge is -2.36. The highest BCUT2D eigenvalue weighted by molar-refractivity contribution is 8.00. The van der Waals surface area contributed by atoms with E-state index in [2.05, 4.69) is 20.9 Å². The van der Waals surface area contributed by atoms with Gasteiger partial charge in [-0.3, -0.25) is 9.59 Å². The zero-order chi connectivity index (χ0) is 21.8. The summed E-state index contributed by atoms with van der Waals surface area (Å²) < 4.78 is 14.7. The number of carbonyl (C=O) groups excluding carboxylic acids is 2. The average molecular weight is 461 g/mol. The minimum absolute atomic E-state index is 0.171. The number of aromatic amines is 1. The van der Waals surface area contributed by atoms with Gasteiger partial charge in [-0.2, -0.15) is 0 Å². The third-order valence-corrected chi connectivity index (χ3v) is 7.83. The molecule has 164 valence electrons. The summed E-state index contributed by atoms with van der Waals surface area (Å²) in [6.07, 6.45) is 5.45. The normalized spacial score (nSPS) is 15.7. The third-order valence-electron chi connectivity index (χ3n) is 5.66. The van der Waals surface area contributed by atoms with Crippen molar-refractivity contribution >= 4 is 45.8 Å². The molecule has 0 bridgehead atoms. The zero-order valence-corrected chi connectivity index (χ0v) is 18.9. The molecule has 0 radical (unpaired) electrons. The molecule has 0 atom stereocenters. The number of H-pyrrole nitrogens is 1. The maximum absolute atomic E-state index is 13.6. The molecule has 1 fully saturated rings. The van der Waals surface area contributed by atoms with Gasteiger partial charge in [0.05, 0.1) is 9.09 Å². The third kappa shape index (κ3) is 4.78. The SMILES string of the molecule is CSc1ccc(C(=O)NC2(C(=O)NCCc3c[nH]c4ccc(F)cc34)CCNCC2)s1. The molecule has 1 aliphatic rings. The molecule has 3 heterocycles. The molecular formula is C22H25FN4O2S2. The van der Waals surface area contributed by atoms with Crippen molar-refractivity contribution in [3.63, 3.8) is 0 Å². The van der Waals surface area contributed by atoms with Gasteiger partial charge in [-0.25, -0.2) is 4.39 Å². The molecule has 4 N–H and O–H groups in total. The number of piperidine rings is 1. The second kappa shape index (κ2) is 9.42. The maximum atomic E-state index is 13.6. The van der Waals surface area contributed by atoms with Gasteiger partial charge in [0.15, 0.2) is 0 Å². The van der Waals surface area contributed by atoms with Gasteiger partial charge in [0.1, 0.15) is 11.4 Å². The summed E-state index contributed by atoms with van der Waals surface area (Å²) in [6, 6.07) is 8.35. The number of amides is 2. The van der Waals surface area contributed by atoms with Crippen LogP contribution in [0.4, 0.5) is 4.39 Å². The highest BCUT2D eigenvalue weighted by atomic mass is 32.2. The first-order valence-electron chi connectivity index (χ1n) is 10.2. The molecule has 0 saturated carbocycles. The van der Waals surface area contributed by atoms with E-state index in [-0.39, 0.29) is 17.6 Å². The number of fused-ring (bicyclic) bond motifs is 1. The number of hydrogen-bond donors (Lipinski definition) is 4. The van der Waals surface area contributed by atoms with E-state index in [1.165, 1.54) is 23.5 Å². The predicted octanol–water partition coefficient (Wildman–Crippen LogP) is 3.30. The Kier molecular flexibility index (Phi) is 6.64. The van der Waals surface area contributed by atoms with E-state index in [4.69, 9.17) is 0 Å². The van der Waals surface area contributed by atoms with Gasteiger partial charge in [0, 0.05) is 23.6 Å². The second-order valence-corrected chi connectivity index (χ2v) is 9.81. The number of hydrogen-bond acceptors (Lipinski definition) is 5. The van der Waals surface area contributed by atoms with Crippen LogP contribution in [0.3, 0.4) is 0 Å². The van der Waals surface area contributed by atoms with Crippen molar-refractivity contribution in [3.8, 4) is 0 Å². The van der Waals surface area contributed by atoms with Gasteiger partial charge in [0.2, 0.25) is 5.91 Å². The van der Waals surface area contributed by atoms with E-state index in [0.717, 1.165) is 20.7 Å². The largest absolute Gasteiger partial charge is 0.361 e. The van der Waals surface area contributed by atoms with Gasteiger partial charge in [-0.05, 0) is 74.5 Å². The van der Waals surface area contributed by atoms with Gasteiger partial charge in [0.25, 0.3) is 5.91 Å². The van der Waals surface area contributed by atoms with Crippen LogP contribution >= 0.6 is 23.1 Å². The number of aromatic nitrogens is 1. The van der Waals surface area contributed by atoms with Crippen molar-refractivity contribution in [2.75, 3.05) is 25.9 Å². The number of thioether (sulfide) groups is 1. The number of halogens is 1. The van der Waals surface area contributed by atoms with Crippen LogP contribution in [0.25, 0.3) is 10.9 Å². The molecule has 1 aromatic carbocycles. The van der Waals surface area contributed by atoms with Crippen molar-refractivity contribution in [3.05, 3.63) is 52.8 Å². The lowest BCUT2D eigenvalue weighted by Crippen LogP contribution is -2.63. The summed E-state index contributed by atoms with van der Waals surface area (Å²) in [5.41, 5.74) is 0.879. The number of carbonyl (C=O) groups is 2. The molecule has 31 heavy (non-hydrogen) atoms. The van der Waals surface area contributed by atoms with E-state index in [9.17, 15) is 14.0 Å². The van der Waals surface area contributed by atoms with Crippen LogP contribution in [0.15, 0.2) is 40.7 Å². The first-order chi connectivity index (χ1) is 15.0. The zero-order valence-electron chi connectivity index (χ0n) is 17.2. The smallest absolute Gasteiger partial charge is 0.262 e. The standard InChI is InChI=1S/C22H25FN4O2S2/c1-30-19-5-4-18(31-19)20(28)27-22(7-10-24-11-8-22)21(29)25-9-6-14-13-26-17-3-2-15(23)12-16(14)17/h2-5,12-13,24,26H,6-11H2,1H3,(H,25,29)(H,27,28). The molecule has 2 aromatic heterocycles. The molecule has 9 heteroatoms. The highest BCUT2D eigenvalue weighted by Gasteiger charge is 2.41. The molecule has 6 nitrogen and oxygen atoms in total. The van der Waals surface area contributed by atoms with E-state index >= 15 is 0 Å². The lowest BCUT2D eigenvalue weighted by atomic mass is 9.87. The minimum Gasteiger partial charge on any atom is -0.361 e. The molecule has 1 aliphatic heterocycles. The van der Waals surface area contributed by atoms with Crippen LogP contribution in [-0.2, 0) is 11.2 Å². The second-order valence-electron chi connectivity index (χ2n) is 7.62. The van der Waals surface area contributed by atoms with Crippen molar-refractivity contribution in [2.24, 2.45) is 0 Å². The fourth-order valence-electron chi connectivity index (χ4n) is 3.93. The Morgan fingerprint density at radius 2 is 2.03 bits per heavy atom. The van der Waals surface area contributed by atoms with Crippen LogP contribution in [0.1, 0.15) is 28.1 Å². The fraction of sp³-hybridized carbons (Fsp3) is 0.364. The topological polar surface area (TPSA) is 86.0 Å².